The minimum atomic E-state index is 0.0569. The Morgan fingerprint density at radius 3 is 3.03 bits per heavy atom. The van der Waals surface area contributed by atoms with Crippen LogP contribution in [-0.4, -0.2) is 50.9 Å². The zero-order valence-corrected chi connectivity index (χ0v) is 20.0. The fourth-order valence-corrected chi connectivity index (χ4v) is 5.00. The first kappa shape index (κ1) is 21.9. The first-order valence-corrected chi connectivity index (χ1v) is 11.9. The van der Waals surface area contributed by atoms with Gasteiger partial charge >= 0.3 is 0 Å². The number of pyridine rings is 1. The van der Waals surface area contributed by atoms with Crippen molar-refractivity contribution in [1.29, 1.82) is 0 Å². The maximum Gasteiger partial charge on any atom is 0.223 e. The number of benzene rings is 1. The molecule has 1 aliphatic carbocycles. The lowest BCUT2D eigenvalue weighted by Crippen LogP contribution is -2.32. The van der Waals surface area contributed by atoms with E-state index in [4.69, 9.17) is 9.72 Å². The molecule has 0 bridgehead atoms. The van der Waals surface area contributed by atoms with Crippen LogP contribution in [0.15, 0.2) is 47.5 Å². The summed E-state index contributed by atoms with van der Waals surface area (Å²) in [7, 11) is 1.64. The summed E-state index contributed by atoms with van der Waals surface area (Å²) in [5, 5.41) is 10.7. The third-order valence-corrected chi connectivity index (χ3v) is 6.87. The highest BCUT2D eigenvalue weighted by Gasteiger charge is 2.30. The van der Waals surface area contributed by atoms with Crippen molar-refractivity contribution in [2.45, 2.75) is 25.7 Å². The Labute approximate surface area is 199 Å². The van der Waals surface area contributed by atoms with Gasteiger partial charge in [-0.3, -0.25) is 9.78 Å². The van der Waals surface area contributed by atoms with Crippen molar-refractivity contribution < 1.29 is 9.53 Å². The van der Waals surface area contributed by atoms with E-state index in [1.165, 1.54) is 0 Å². The lowest BCUT2D eigenvalue weighted by atomic mass is 10.0. The Morgan fingerprint density at radius 1 is 1.24 bits per heavy atom. The van der Waals surface area contributed by atoms with Crippen molar-refractivity contribution in [2.24, 2.45) is 11.8 Å². The van der Waals surface area contributed by atoms with Crippen LogP contribution in [0.25, 0.3) is 27.5 Å². The number of methoxy groups -OCH3 is 1. The summed E-state index contributed by atoms with van der Waals surface area (Å²) in [6.45, 7) is 1.09. The molecule has 1 saturated carbocycles. The summed E-state index contributed by atoms with van der Waals surface area (Å²) < 4.78 is 7.57. The van der Waals surface area contributed by atoms with Crippen LogP contribution in [-0.2, 0) is 16.0 Å². The largest absolute Gasteiger partial charge is 0.383 e. The third-order valence-electron chi connectivity index (χ3n) is 6.29. The molecule has 0 saturated heterocycles. The number of hydrogen-bond acceptors (Lipinski definition) is 6. The van der Waals surface area contributed by atoms with E-state index in [0.717, 1.165) is 59.0 Å². The predicted molar refractivity (Wildman–Crippen MR) is 129 cm³/mol. The minimum absolute atomic E-state index is 0.0569. The topological polar surface area (TPSA) is 94.8 Å². The molecule has 0 spiro atoms. The number of hydrogen-bond donors (Lipinski definition) is 1. The number of fused-ring (bicyclic) bond motifs is 2. The molecule has 9 heteroatoms. The molecule has 2 atom stereocenters. The number of ether oxygens (including phenoxy) is 1. The highest BCUT2D eigenvalue weighted by atomic mass is 79.9. The van der Waals surface area contributed by atoms with Crippen LogP contribution in [0.4, 0.5) is 0 Å². The van der Waals surface area contributed by atoms with Gasteiger partial charge in [0.25, 0.3) is 0 Å². The normalized spacial score (nSPS) is 18.2. The molecule has 3 heterocycles. The number of nitrogens with zero attached hydrogens (tertiary/aromatic N) is 5. The molecule has 0 radical (unpaired) electrons. The Hall–Kier alpha value is -2.91. The summed E-state index contributed by atoms with van der Waals surface area (Å²) >= 11 is 3.55. The second-order valence-corrected chi connectivity index (χ2v) is 9.25. The molecule has 1 fully saturated rings. The molecule has 1 aromatic carbocycles. The zero-order valence-electron chi connectivity index (χ0n) is 18.4. The highest BCUT2D eigenvalue weighted by Crippen LogP contribution is 2.33. The van der Waals surface area contributed by atoms with E-state index in [1.807, 2.05) is 29.2 Å². The average Bonchev–Trinajstić information content (AvgIpc) is 3.43. The molecule has 5 rings (SSSR count). The van der Waals surface area contributed by atoms with Crippen molar-refractivity contribution in [3.8, 4) is 5.69 Å². The first-order valence-electron chi connectivity index (χ1n) is 11.1. The van der Waals surface area contributed by atoms with Crippen LogP contribution in [0.3, 0.4) is 0 Å². The van der Waals surface area contributed by atoms with Crippen molar-refractivity contribution in [2.75, 3.05) is 20.3 Å². The summed E-state index contributed by atoms with van der Waals surface area (Å²) in [6, 6.07) is 8.15. The number of rotatable bonds is 7. The second-order valence-electron chi connectivity index (χ2n) is 8.50. The summed E-state index contributed by atoms with van der Waals surface area (Å²) in [5.41, 5.74) is 1.69. The number of carbonyl (C=O) groups is 1. The van der Waals surface area contributed by atoms with E-state index < -0.39 is 0 Å². The van der Waals surface area contributed by atoms with Crippen molar-refractivity contribution >= 4 is 43.6 Å². The highest BCUT2D eigenvalue weighted by molar-refractivity contribution is 9.10. The smallest absolute Gasteiger partial charge is 0.223 e. The second kappa shape index (κ2) is 9.52. The van der Waals surface area contributed by atoms with E-state index in [-0.39, 0.29) is 11.8 Å². The van der Waals surface area contributed by atoms with Gasteiger partial charge in [0.1, 0.15) is 10.4 Å². The first-order chi connectivity index (χ1) is 16.1. The van der Waals surface area contributed by atoms with Gasteiger partial charge < -0.3 is 10.1 Å². The Bertz CT molecular complexity index is 1310. The summed E-state index contributed by atoms with van der Waals surface area (Å²) in [4.78, 5) is 26.1. The van der Waals surface area contributed by atoms with Crippen LogP contribution in [0, 0.1) is 11.8 Å². The van der Waals surface area contributed by atoms with Crippen molar-refractivity contribution in [3.05, 3.63) is 53.3 Å². The molecular formula is C24H25BrN6O2. The molecule has 1 aliphatic rings. The van der Waals surface area contributed by atoms with Crippen LogP contribution in [0.2, 0.25) is 0 Å². The molecule has 0 unspecified atom stereocenters. The molecule has 1 N–H and O–H groups in total. The number of halogens is 1. The van der Waals surface area contributed by atoms with Crippen molar-refractivity contribution in [3.63, 3.8) is 0 Å². The van der Waals surface area contributed by atoms with E-state index in [0.29, 0.717) is 23.7 Å². The molecule has 170 valence electrons. The fourth-order valence-electron chi connectivity index (χ4n) is 4.56. The quantitative estimate of drug-likeness (QED) is 0.381. The Morgan fingerprint density at radius 2 is 2.15 bits per heavy atom. The molecule has 1 amide bonds. The van der Waals surface area contributed by atoms with Gasteiger partial charge in [-0.15, -0.1) is 0 Å². The summed E-state index contributed by atoms with van der Waals surface area (Å²) in [6.07, 6.45) is 8.99. The molecule has 33 heavy (non-hydrogen) atoms. The van der Waals surface area contributed by atoms with Crippen molar-refractivity contribution in [1.82, 2.24) is 30.0 Å². The number of aromatic nitrogens is 5. The van der Waals surface area contributed by atoms with Gasteiger partial charge in [-0.1, -0.05) is 6.07 Å². The fraction of sp³-hybridized carbons (Fsp3) is 0.375. The molecule has 8 nitrogen and oxygen atoms in total. The van der Waals surface area contributed by atoms with Crippen LogP contribution in [0.5, 0.6) is 0 Å². The number of amides is 1. The van der Waals surface area contributed by atoms with Gasteiger partial charge in [-0.2, -0.15) is 5.10 Å². The van der Waals surface area contributed by atoms with Gasteiger partial charge in [0.15, 0.2) is 5.65 Å². The van der Waals surface area contributed by atoms with Gasteiger partial charge in [0.05, 0.1) is 17.7 Å². The van der Waals surface area contributed by atoms with Crippen LogP contribution >= 0.6 is 15.9 Å². The minimum Gasteiger partial charge on any atom is -0.383 e. The van der Waals surface area contributed by atoms with Gasteiger partial charge in [0.2, 0.25) is 5.91 Å². The monoisotopic (exact) mass is 508 g/mol. The standard InChI is InChI=1S/C24H25BrN6O2/c1-33-9-8-27-24(32)17-3-2-15(10-17)11-21-28-14-20-22(25)30-31(23(20)29-21)19-5-4-16-6-7-26-13-18(16)12-19/h4-7,12-15,17H,2-3,8-11H2,1H3,(H,27,32)/t15-,17-/m1/s1. The SMILES string of the molecule is COCCNC(=O)[C@@H]1CC[C@@H](Cc2ncc3c(Br)nn(-c4ccc5ccncc5c4)c3n2)C1. The number of nitrogens with one attached hydrogen (secondary N) is 1. The van der Waals surface area contributed by atoms with E-state index >= 15 is 0 Å². The Balaban J connectivity index is 1.36. The van der Waals surface area contributed by atoms with Crippen LogP contribution in [0.1, 0.15) is 25.1 Å². The number of carbonyl (C=O) groups excluding carboxylic acids is 1. The average molecular weight is 509 g/mol. The lowest BCUT2D eigenvalue weighted by molar-refractivity contribution is -0.125. The third kappa shape index (κ3) is 4.60. The lowest BCUT2D eigenvalue weighted by Gasteiger charge is -2.12. The molecule has 4 aromatic rings. The van der Waals surface area contributed by atoms with E-state index in [1.54, 1.807) is 13.3 Å². The maximum atomic E-state index is 12.4. The zero-order chi connectivity index (χ0) is 22.8. The predicted octanol–water partition coefficient (Wildman–Crippen LogP) is 3.85. The van der Waals surface area contributed by atoms with E-state index in [2.05, 4.69) is 48.4 Å². The van der Waals surface area contributed by atoms with E-state index in [9.17, 15) is 4.79 Å². The van der Waals surface area contributed by atoms with Crippen LogP contribution < -0.4 is 5.32 Å². The molecular weight excluding hydrogens is 484 g/mol. The molecule has 0 aliphatic heterocycles. The summed E-state index contributed by atoms with van der Waals surface area (Å²) in [5.74, 6) is 1.36. The van der Waals surface area contributed by atoms with Gasteiger partial charge in [0, 0.05) is 50.0 Å². The Kier molecular flexibility index (Phi) is 6.32. The van der Waals surface area contributed by atoms with Gasteiger partial charge in [-0.05, 0) is 64.7 Å². The molecule has 3 aromatic heterocycles. The van der Waals surface area contributed by atoms with Gasteiger partial charge in [-0.25, -0.2) is 14.6 Å². The maximum absolute atomic E-state index is 12.4.